The Morgan fingerprint density at radius 1 is 1.60 bits per heavy atom. The Morgan fingerprint density at radius 3 is 2.80 bits per heavy atom. The Balaban J connectivity index is 3.06. The van der Waals surface area contributed by atoms with Crippen molar-refractivity contribution in [2.75, 3.05) is 6.61 Å². The fourth-order valence-corrected chi connectivity index (χ4v) is 1.10. The fraction of sp³-hybridized carbons (Fsp3) is 0.250. The molecule has 0 unspecified atom stereocenters. The highest BCUT2D eigenvalue weighted by Gasteiger charge is 2.17. The number of phenolic OH excluding ortho intramolecular Hbond substituents is 1. The zero-order valence-electron chi connectivity index (χ0n) is 7.64. The van der Waals surface area contributed by atoms with Crippen LogP contribution >= 0.6 is 0 Å². The molecule has 0 aliphatic carbocycles. The number of halogens is 1. The van der Waals surface area contributed by atoms with E-state index in [0.717, 1.165) is 6.07 Å². The van der Waals surface area contributed by atoms with Crippen LogP contribution in [0.25, 0.3) is 0 Å². The highest BCUT2D eigenvalue weighted by molar-refractivity contribution is 5.44. The molecule has 0 saturated heterocycles. The number of aromatic hydroxyl groups is 1. The molecule has 0 saturated carbocycles. The van der Waals surface area contributed by atoms with Crippen molar-refractivity contribution in [2.24, 2.45) is 5.90 Å². The van der Waals surface area contributed by atoms with Crippen molar-refractivity contribution in [2.45, 2.75) is 6.42 Å². The lowest BCUT2D eigenvalue weighted by molar-refractivity contribution is -0.387. The summed E-state index contributed by atoms with van der Waals surface area (Å²) >= 11 is 0. The minimum Gasteiger partial charge on any atom is -0.508 e. The van der Waals surface area contributed by atoms with Crippen molar-refractivity contribution >= 4 is 5.69 Å². The standard InChI is InChI=1S/C8H9FN2O4/c9-6-4-8(12)5(1-2-15-10)3-7(6)11(13)14/h3-4,12H,1-2,10H2. The van der Waals surface area contributed by atoms with Gasteiger partial charge in [-0.2, -0.15) is 4.39 Å². The first kappa shape index (κ1) is 11.3. The molecule has 0 bridgehead atoms. The van der Waals surface area contributed by atoms with Crippen LogP contribution in [-0.2, 0) is 11.3 Å². The number of rotatable bonds is 4. The summed E-state index contributed by atoms with van der Waals surface area (Å²) in [5.74, 6) is 3.34. The van der Waals surface area contributed by atoms with Crippen LogP contribution in [0.15, 0.2) is 12.1 Å². The van der Waals surface area contributed by atoms with E-state index < -0.39 is 16.4 Å². The summed E-state index contributed by atoms with van der Waals surface area (Å²) in [6.07, 6.45) is 0.170. The molecule has 0 atom stereocenters. The highest BCUT2D eigenvalue weighted by Crippen LogP contribution is 2.26. The second-order valence-corrected chi connectivity index (χ2v) is 2.81. The molecular weight excluding hydrogens is 207 g/mol. The summed E-state index contributed by atoms with van der Waals surface area (Å²) in [5, 5.41) is 19.7. The first-order chi connectivity index (χ1) is 7.06. The van der Waals surface area contributed by atoms with Gasteiger partial charge in [-0.15, -0.1) is 0 Å². The summed E-state index contributed by atoms with van der Waals surface area (Å²) in [7, 11) is 0. The molecule has 0 heterocycles. The van der Waals surface area contributed by atoms with Crippen LogP contribution in [0.1, 0.15) is 5.56 Å². The van der Waals surface area contributed by atoms with Crippen molar-refractivity contribution in [1.82, 2.24) is 0 Å². The lowest BCUT2D eigenvalue weighted by atomic mass is 10.1. The molecule has 0 amide bonds. The largest absolute Gasteiger partial charge is 0.508 e. The zero-order chi connectivity index (χ0) is 11.4. The van der Waals surface area contributed by atoms with Gasteiger partial charge in [0.15, 0.2) is 0 Å². The van der Waals surface area contributed by atoms with Gasteiger partial charge in [-0.1, -0.05) is 0 Å². The number of hydrogen-bond donors (Lipinski definition) is 2. The molecule has 0 fully saturated rings. The van der Waals surface area contributed by atoms with Crippen molar-refractivity contribution in [1.29, 1.82) is 0 Å². The quantitative estimate of drug-likeness (QED) is 0.574. The van der Waals surface area contributed by atoms with E-state index in [1.165, 1.54) is 0 Å². The second-order valence-electron chi connectivity index (χ2n) is 2.81. The van der Waals surface area contributed by atoms with Crippen LogP contribution in [0.4, 0.5) is 10.1 Å². The summed E-state index contributed by atoms with van der Waals surface area (Å²) in [4.78, 5) is 13.8. The van der Waals surface area contributed by atoms with Crippen LogP contribution in [0, 0.1) is 15.9 Å². The summed E-state index contributed by atoms with van der Waals surface area (Å²) < 4.78 is 12.9. The summed E-state index contributed by atoms with van der Waals surface area (Å²) in [6, 6.07) is 1.66. The van der Waals surface area contributed by atoms with Crippen molar-refractivity contribution in [3.63, 3.8) is 0 Å². The SMILES string of the molecule is NOCCc1cc([N+](=O)[O-])c(F)cc1O. The Morgan fingerprint density at radius 2 is 2.27 bits per heavy atom. The normalized spacial score (nSPS) is 10.3. The molecule has 7 heteroatoms. The monoisotopic (exact) mass is 216 g/mol. The van der Waals surface area contributed by atoms with Gasteiger partial charge in [0.1, 0.15) is 5.75 Å². The maximum absolute atomic E-state index is 12.9. The van der Waals surface area contributed by atoms with E-state index in [0.29, 0.717) is 6.07 Å². The van der Waals surface area contributed by atoms with E-state index in [1.807, 2.05) is 0 Å². The van der Waals surface area contributed by atoms with Crippen LogP contribution < -0.4 is 5.90 Å². The number of nitrogens with two attached hydrogens (primary N) is 1. The summed E-state index contributed by atoms with van der Waals surface area (Å²) in [6.45, 7) is 0.0797. The van der Waals surface area contributed by atoms with E-state index in [-0.39, 0.29) is 24.3 Å². The number of nitro groups is 1. The third-order valence-corrected chi connectivity index (χ3v) is 1.83. The van der Waals surface area contributed by atoms with Crippen LogP contribution in [0.2, 0.25) is 0 Å². The molecule has 0 aliphatic heterocycles. The number of nitrogens with zero attached hydrogens (tertiary/aromatic N) is 1. The van der Waals surface area contributed by atoms with Gasteiger partial charge in [0.25, 0.3) is 0 Å². The van der Waals surface area contributed by atoms with E-state index in [1.54, 1.807) is 0 Å². The van der Waals surface area contributed by atoms with Gasteiger partial charge in [-0.05, 0) is 0 Å². The van der Waals surface area contributed by atoms with Crippen molar-refractivity contribution in [3.8, 4) is 5.75 Å². The van der Waals surface area contributed by atoms with Crippen LogP contribution in [-0.4, -0.2) is 16.6 Å². The molecule has 82 valence electrons. The molecule has 6 nitrogen and oxygen atoms in total. The maximum atomic E-state index is 12.9. The van der Waals surface area contributed by atoms with E-state index in [4.69, 9.17) is 5.90 Å². The summed E-state index contributed by atoms with van der Waals surface area (Å²) in [5.41, 5.74) is -0.464. The number of benzene rings is 1. The molecule has 0 aliphatic rings. The number of hydrogen-bond acceptors (Lipinski definition) is 5. The molecule has 1 aromatic carbocycles. The Labute approximate surface area is 84.2 Å². The van der Waals surface area contributed by atoms with Crippen LogP contribution in [0.3, 0.4) is 0 Å². The third kappa shape index (κ3) is 2.61. The second kappa shape index (κ2) is 4.67. The Kier molecular flexibility index (Phi) is 3.53. The van der Waals surface area contributed by atoms with Crippen molar-refractivity contribution < 1.29 is 19.3 Å². The highest BCUT2D eigenvalue weighted by atomic mass is 19.1. The average molecular weight is 216 g/mol. The van der Waals surface area contributed by atoms with Crippen LogP contribution in [0.5, 0.6) is 5.75 Å². The Hall–Kier alpha value is -1.73. The van der Waals surface area contributed by atoms with E-state index in [2.05, 4.69) is 4.84 Å². The molecule has 1 aromatic rings. The first-order valence-electron chi connectivity index (χ1n) is 4.03. The van der Waals surface area contributed by atoms with Gasteiger partial charge in [0.05, 0.1) is 11.5 Å². The molecule has 3 N–H and O–H groups in total. The predicted molar refractivity (Wildman–Crippen MR) is 48.6 cm³/mol. The molecular formula is C8H9FN2O4. The molecule has 0 aromatic heterocycles. The van der Waals surface area contributed by atoms with E-state index >= 15 is 0 Å². The Bertz CT molecular complexity index is 383. The lowest BCUT2D eigenvalue weighted by Gasteiger charge is -2.03. The molecule has 0 spiro atoms. The first-order valence-corrected chi connectivity index (χ1v) is 4.03. The lowest BCUT2D eigenvalue weighted by Crippen LogP contribution is -2.04. The molecule has 15 heavy (non-hydrogen) atoms. The average Bonchev–Trinajstić information content (AvgIpc) is 2.16. The van der Waals surface area contributed by atoms with Gasteiger partial charge in [-0.25, -0.2) is 5.90 Å². The van der Waals surface area contributed by atoms with E-state index in [9.17, 15) is 19.6 Å². The predicted octanol–water partition coefficient (Wildman–Crippen LogP) is 0.872. The van der Waals surface area contributed by atoms with Gasteiger partial charge in [0, 0.05) is 24.1 Å². The fourth-order valence-electron chi connectivity index (χ4n) is 1.10. The van der Waals surface area contributed by atoms with Gasteiger partial charge in [0.2, 0.25) is 5.82 Å². The smallest absolute Gasteiger partial charge is 0.305 e. The van der Waals surface area contributed by atoms with Gasteiger partial charge < -0.3 is 9.94 Å². The minimum absolute atomic E-state index is 0.0797. The number of phenols is 1. The number of nitro benzene ring substituents is 1. The molecule has 0 radical (unpaired) electrons. The van der Waals surface area contributed by atoms with Crippen molar-refractivity contribution in [3.05, 3.63) is 33.6 Å². The maximum Gasteiger partial charge on any atom is 0.305 e. The van der Waals surface area contributed by atoms with Gasteiger partial charge >= 0.3 is 5.69 Å². The molecule has 1 rings (SSSR count). The minimum atomic E-state index is -1.07. The topological polar surface area (TPSA) is 98.6 Å². The third-order valence-electron chi connectivity index (χ3n) is 1.83. The zero-order valence-corrected chi connectivity index (χ0v) is 7.64. The van der Waals surface area contributed by atoms with Gasteiger partial charge in [-0.3, -0.25) is 10.1 Å².